The van der Waals surface area contributed by atoms with Crippen LogP contribution in [0.1, 0.15) is 27.2 Å². The summed E-state index contributed by atoms with van der Waals surface area (Å²) in [5.74, 6) is 0.628. The second-order valence-corrected chi connectivity index (χ2v) is 5.24. The van der Waals surface area contributed by atoms with Gasteiger partial charge in [-0.15, -0.1) is 0 Å². The third-order valence-electron chi connectivity index (χ3n) is 2.23. The molecule has 0 fully saturated rings. The van der Waals surface area contributed by atoms with Crippen molar-refractivity contribution in [3.05, 3.63) is 18.2 Å². The molecule has 0 saturated heterocycles. The van der Waals surface area contributed by atoms with Crippen molar-refractivity contribution < 1.29 is 9.53 Å². The molecule has 0 aliphatic carbocycles. The van der Waals surface area contributed by atoms with E-state index in [4.69, 9.17) is 10.5 Å². The number of methoxy groups -OCH3 is 1. The minimum atomic E-state index is -0.0440. The number of carbonyl (C=O) groups is 1. The highest BCUT2D eigenvalue weighted by molar-refractivity contribution is 5.94. The van der Waals surface area contributed by atoms with Gasteiger partial charge in [-0.05, 0) is 17.5 Å². The molecule has 0 aliphatic rings. The van der Waals surface area contributed by atoms with E-state index in [1.165, 1.54) is 0 Å². The van der Waals surface area contributed by atoms with Crippen LogP contribution in [0.2, 0.25) is 0 Å². The first-order valence-corrected chi connectivity index (χ1v) is 5.55. The van der Waals surface area contributed by atoms with Crippen molar-refractivity contribution in [2.75, 3.05) is 18.2 Å². The molecular weight excluding hydrogens is 216 g/mol. The molecule has 0 aliphatic heterocycles. The first-order chi connectivity index (χ1) is 7.81. The fraction of sp³-hybridized carbons (Fsp3) is 0.462. The van der Waals surface area contributed by atoms with Crippen LogP contribution in [0.4, 0.5) is 11.4 Å². The molecule has 0 heterocycles. The van der Waals surface area contributed by atoms with Gasteiger partial charge in [0.15, 0.2) is 0 Å². The Morgan fingerprint density at radius 3 is 2.59 bits per heavy atom. The average Bonchev–Trinajstić information content (AvgIpc) is 2.18. The maximum Gasteiger partial charge on any atom is 0.224 e. The molecule has 0 aromatic heterocycles. The van der Waals surface area contributed by atoms with E-state index < -0.39 is 0 Å². The first-order valence-electron chi connectivity index (χ1n) is 5.55. The Morgan fingerprint density at radius 1 is 1.41 bits per heavy atom. The zero-order valence-corrected chi connectivity index (χ0v) is 10.8. The second-order valence-electron chi connectivity index (χ2n) is 5.24. The fourth-order valence-corrected chi connectivity index (χ4v) is 1.45. The summed E-state index contributed by atoms with van der Waals surface area (Å²) in [4.78, 5) is 11.8. The normalized spacial score (nSPS) is 11.1. The van der Waals surface area contributed by atoms with Gasteiger partial charge in [0.05, 0.1) is 18.5 Å². The van der Waals surface area contributed by atoms with E-state index in [9.17, 15) is 4.79 Å². The molecule has 4 heteroatoms. The Kier molecular flexibility index (Phi) is 3.99. The maximum atomic E-state index is 11.8. The number of rotatable bonds is 3. The van der Waals surface area contributed by atoms with Gasteiger partial charge < -0.3 is 15.8 Å². The van der Waals surface area contributed by atoms with E-state index in [0.29, 0.717) is 23.5 Å². The Balaban J connectivity index is 2.77. The van der Waals surface area contributed by atoms with Crippen LogP contribution in [0.3, 0.4) is 0 Å². The molecule has 1 amide bonds. The highest BCUT2D eigenvalue weighted by Gasteiger charge is 2.16. The summed E-state index contributed by atoms with van der Waals surface area (Å²) < 4.78 is 5.09. The number of carbonyl (C=O) groups excluding carboxylic acids is 1. The minimum Gasteiger partial charge on any atom is -0.497 e. The summed E-state index contributed by atoms with van der Waals surface area (Å²) in [6, 6.07) is 5.19. The van der Waals surface area contributed by atoms with Crippen molar-refractivity contribution in [3.63, 3.8) is 0 Å². The Hall–Kier alpha value is -1.71. The number of benzene rings is 1. The molecule has 94 valence electrons. The van der Waals surface area contributed by atoms with Crippen molar-refractivity contribution in [2.24, 2.45) is 5.41 Å². The van der Waals surface area contributed by atoms with Crippen molar-refractivity contribution >= 4 is 17.3 Å². The molecule has 0 spiro atoms. The van der Waals surface area contributed by atoms with Crippen molar-refractivity contribution in [3.8, 4) is 5.75 Å². The topological polar surface area (TPSA) is 64.3 Å². The van der Waals surface area contributed by atoms with Gasteiger partial charge in [0.1, 0.15) is 5.75 Å². The summed E-state index contributed by atoms with van der Waals surface area (Å²) in [6.07, 6.45) is 0.448. The van der Waals surface area contributed by atoms with Crippen LogP contribution in [-0.2, 0) is 4.79 Å². The predicted octanol–water partition coefficient (Wildman–Crippen LogP) is 2.65. The number of ether oxygens (including phenoxy) is 1. The van der Waals surface area contributed by atoms with Crippen molar-refractivity contribution in [1.29, 1.82) is 0 Å². The van der Waals surface area contributed by atoms with E-state index in [0.717, 1.165) is 0 Å². The molecule has 4 nitrogen and oxygen atoms in total. The molecule has 0 saturated carbocycles. The van der Waals surface area contributed by atoms with Crippen LogP contribution < -0.4 is 15.8 Å². The van der Waals surface area contributed by atoms with Gasteiger partial charge in [-0.3, -0.25) is 4.79 Å². The number of hydrogen-bond donors (Lipinski definition) is 2. The highest BCUT2D eigenvalue weighted by atomic mass is 16.5. The van der Waals surface area contributed by atoms with E-state index in [2.05, 4.69) is 5.32 Å². The zero-order chi connectivity index (χ0) is 13.1. The summed E-state index contributed by atoms with van der Waals surface area (Å²) >= 11 is 0. The van der Waals surface area contributed by atoms with Gasteiger partial charge >= 0.3 is 0 Å². The summed E-state index contributed by atoms with van der Waals surface area (Å²) in [6.45, 7) is 6.05. The number of amides is 1. The Bertz CT molecular complexity index is 408. The lowest BCUT2D eigenvalue weighted by atomic mass is 9.92. The van der Waals surface area contributed by atoms with Gasteiger partial charge in [0.2, 0.25) is 5.91 Å². The molecule has 17 heavy (non-hydrogen) atoms. The lowest BCUT2D eigenvalue weighted by molar-refractivity contribution is -0.117. The first kappa shape index (κ1) is 13.4. The lowest BCUT2D eigenvalue weighted by Gasteiger charge is -2.18. The molecule has 3 N–H and O–H groups in total. The van der Waals surface area contributed by atoms with Crippen LogP contribution in [-0.4, -0.2) is 13.0 Å². The van der Waals surface area contributed by atoms with Gasteiger partial charge in [0, 0.05) is 12.5 Å². The third kappa shape index (κ3) is 4.34. The zero-order valence-electron chi connectivity index (χ0n) is 10.8. The van der Waals surface area contributed by atoms with Crippen LogP contribution in [0.15, 0.2) is 18.2 Å². The second kappa shape index (κ2) is 5.08. The molecule has 0 unspecified atom stereocenters. The monoisotopic (exact) mass is 236 g/mol. The van der Waals surface area contributed by atoms with Gasteiger partial charge in [0.25, 0.3) is 0 Å². The Morgan fingerprint density at radius 2 is 2.06 bits per heavy atom. The molecule has 0 bridgehead atoms. The van der Waals surface area contributed by atoms with E-state index in [1.807, 2.05) is 20.8 Å². The summed E-state index contributed by atoms with van der Waals surface area (Å²) in [5, 5.41) is 2.80. The maximum absolute atomic E-state index is 11.8. The van der Waals surface area contributed by atoms with Crippen LogP contribution in [0.25, 0.3) is 0 Å². The molecule has 0 radical (unpaired) electrons. The standard InChI is InChI=1S/C13H20N2O2/c1-13(2,3)8-12(16)15-11-7-9(17-4)5-6-10(11)14/h5-7H,8,14H2,1-4H3,(H,15,16). The molecule has 1 aromatic rings. The Labute approximate surface area is 102 Å². The van der Waals surface area contributed by atoms with Crippen LogP contribution >= 0.6 is 0 Å². The average molecular weight is 236 g/mol. The van der Waals surface area contributed by atoms with Crippen LogP contribution in [0.5, 0.6) is 5.75 Å². The lowest BCUT2D eigenvalue weighted by Crippen LogP contribution is -2.20. The smallest absolute Gasteiger partial charge is 0.224 e. The van der Waals surface area contributed by atoms with Crippen molar-refractivity contribution in [2.45, 2.75) is 27.2 Å². The van der Waals surface area contributed by atoms with E-state index in [-0.39, 0.29) is 11.3 Å². The quantitative estimate of drug-likeness (QED) is 0.793. The minimum absolute atomic E-state index is 0.0439. The number of hydrogen-bond acceptors (Lipinski definition) is 3. The summed E-state index contributed by atoms with van der Waals surface area (Å²) in [5.41, 5.74) is 6.87. The SMILES string of the molecule is COc1ccc(N)c(NC(=O)CC(C)(C)C)c1. The number of nitrogens with two attached hydrogens (primary N) is 1. The number of anilines is 2. The van der Waals surface area contributed by atoms with Crippen molar-refractivity contribution in [1.82, 2.24) is 0 Å². The summed E-state index contributed by atoms with van der Waals surface area (Å²) in [7, 11) is 1.58. The largest absolute Gasteiger partial charge is 0.497 e. The molecule has 1 rings (SSSR count). The number of nitrogen functional groups attached to an aromatic ring is 1. The van der Waals surface area contributed by atoms with Crippen LogP contribution in [0, 0.1) is 5.41 Å². The fourth-order valence-electron chi connectivity index (χ4n) is 1.45. The van der Waals surface area contributed by atoms with Gasteiger partial charge in [-0.25, -0.2) is 0 Å². The van der Waals surface area contributed by atoms with Gasteiger partial charge in [-0.1, -0.05) is 20.8 Å². The number of nitrogens with one attached hydrogen (secondary N) is 1. The third-order valence-corrected chi connectivity index (χ3v) is 2.23. The predicted molar refractivity (Wildman–Crippen MR) is 70.1 cm³/mol. The molecule has 1 aromatic carbocycles. The highest BCUT2D eigenvalue weighted by Crippen LogP contribution is 2.26. The van der Waals surface area contributed by atoms with E-state index in [1.54, 1.807) is 25.3 Å². The molecular formula is C13H20N2O2. The van der Waals surface area contributed by atoms with Gasteiger partial charge in [-0.2, -0.15) is 0 Å². The molecule has 0 atom stereocenters. The van der Waals surface area contributed by atoms with E-state index >= 15 is 0 Å².